The topological polar surface area (TPSA) is 195 Å². The molecule has 7 aromatic rings. The summed E-state index contributed by atoms with van der Waals surface area (Å²) in [5.41, 5.74) is 5.39. The van der Waals surface area contributed by atoms with Gasteiger partial charge in [0, 0.05) is 43.3 Å². The van der Waals surface area contributed by atoms with Gasteiger partial charge in [-0.15, -0.1) is 0 Å². The van der Waals surface area contributed by atoms with Crippen LogP contribution in [-0.2, 0) is 29.2 Å². The van der Waals surface area contributed by atoms with Crippen LogP contribution in [0.4, 0.5) is 19.7 Å². The summed E-state index contributed by atoms with van der Waals surface area (Å²) >= 11 is 0. The second kappa shape index (κ2) is 23.5. The summed E-state index contributed by atoms with van der Waals surface area (Å²) in [7, 11) is 0. The summed E-state index contributed by atoms with van der Waals surface area (Å²) < 4.78 is 31.6. The predicted molar refractivity (Wildman–Crippen MR) is 274 cm³/mol. The molecule has 2 unspecified atom stereocenters. The Bertz CT molecular complexity index is 3060. The summed E-state index contributed by atoms with van der Waals surface area (Å²) in [5, 5.41) is 30.9. The summed E-state index contributed by atoms with van der Waals surface area (Å²) in [6, 6.07) is 42.2. The number of rotatable bonds is 19. The molecule has 6 aromatic carbocycles. The van der Waals surface area contributed by atoms with Crippen LogP contribution in [0.25, 0.3) is 10.9 Å². The molecule has 2 bridgehead atoms. The molecule has 1 aromatic heterocycles. The molecule has 0 spiro atoms. The van der Waals surface area contributed by atoms with E-state index in [2.05, 4.69) is 25.8 Å². The van der Waals surface area contributed by atoms with Crippen molar-refractivity contribution in [1.82, 2.24) is 25.4 Å². The Kier molecular flexibility index (Phi) is 16.0. The van der Waals surface area contributed by atoms with Gasteiger partial charge in [0.15, 0.2) is 0 Å². The first-order chi connectivity index (χ1) is 35.5. The lowest BCUT2D eigenvalue weighted by Crippen LogP contribution is -2.52. The lowest BCUT2D eigenvalue weighted by molar-refractivity contribution is -0.0336. The number of hydrogen-bond acceptors (Lipinski definition) is 11. The van der Waals surface area contributed by atoms with E-state index in [0.29, 0.717) is 46.0 Å². The van der Waals surface area contributed by atoms with Crippen LogP contribution in [0.2, 0.25) is 0 Å². The van der Waals surface area contributed by atoms with Gasteiger partial charge in [-0.3, -0.25) is 9.69 Å². The van der Waals surface area contributed by atoms with Gasteiger partial charge in [-0.05, 0) is 126 Å². The molecule has 0 radical (unpaired) electrons. The number of nitrogens with zero attached hydrogens (tertiary/aromatic N) is 2. The first-order valence-electron chi connectivity index (χ1n) is 24.4. The van der Waals surface area contributed by atoms with Crippen LogP contribution in [0.3, 0.4) is 0 Å². The van der Waals surface area contributed by atoms with Gasteiger partial charge in [0.05, 0.1) is 29.8 Å². The fourth-order valence-electron chi connectivity index (χ4n) is 9.34. The average Bonchev–Trinajstić information content (AvgIpc) is 3.41. The number of piperidine rings is 3. The van der Waals surface area contributed by atoms with Crippen molar-refractivity contribution in [2.45, 2.75) is 50.8 Å². The Hall–Kier alpha value is -8.05. The molecule has 3 aliphatic rings. The molecule has 4 heterocycles. The number of anilines is 1. The van der Waals surface area contributed by atoms with Gasteiger partial charge in [0.25, 0.3) is 0 Å². The lowest BCUT2D eigenvalue weighted by atomic mass is 9.86. The minimum atomic E-state index is -0.926. The number of nitrogens with one attached hydrogen (secondary N) is 4. The van der Waals surface area contributed by atoms with E-state index in [1.54, 1.807) is 60.7 Å². The van der Waals surface area contributed by atoms with Crippen LogP contribution in [-0.4, -0.2) is 88.5 Å². The minimum absolute atomic E-state index is 0.0399. The zero-order valence-corrected chi connectivity index (χ0v) is 40.0. The van der Waals surface area contributed by atoms with Crippen molar-refractivity contribution in [3.8, 4) is 11.5 Å². The molecule has 3 atom stereocenters. The maximum absolute atomic E-state index is 13.8. The maximum Gasteiger partial charge on any atom is 0.408 e. The number of esters is 1. The summed E-state index contributed by atoms with van der Waals surface area (Å²) in [5.74, 6) is -0.0718. The largest absolute Gasteiger partial charge is 0.506 e. The second-order valence-electron chi connectivity index (χ2n) is 18.4. The average molecular weight is 989 g/mol. The van der Waals surface area contributed by atoms with Crippen molar-refractivity contribution in [3.63, 3.8) is 0 Å². The monoisotopic (exact) mass is 988 g/mol. The fourth-order valence-corrected chi connectivity index (χ4v) is 9.34. The molecular weight excluding hydrogens is 932 g/mol. The van der Waals surface area contributed by atoms with Crippen LogP contribution < -0.4 is 26.2 Å². The highest BCUT2D eigenvalue weighted by Crippen LogP contribution is 2.32. The van der Waals surface area contributed by atoms with Crippen LogP contribution in [0.1, 0.15) is 68.7 Å². The molecule has 73 heavy (non-hydrogen) atoms. The third-order valence-electron chi connectivity index (χ3n) is 13.3. The SMILES string of the molecule is O=C(NC(c1ccccc1)c1cccc(OCc2ccc(C(=O)OCCN(Cc3ccc(F)cc3)C(=O)Nc3ccc(CNCC(O)c4ccc(O)c5[nH]c(=O)ccc45)cc3)cc2)c1)O[C@H]1CN2CCC1CC2. The van der Waals surface area contributed by atoms with Crippen LogP contribution in [0.5, 0.6) is 11.5 Å². The van der Waals surface area contributed by atoms with Gasteiger partial charge in [0.2, 0.25) is 5.56 Å². The number of aromatic hydroxyl groups is 1. The van der Waals surface area contributed by atoms with Crippen LogP contribution >= 0.6 is 0 Å². The number of benzene rings is 6. The molecule has 3 aliphatic heterocycles. The zero-order valence-electron chi connectivity index (χ0n) is 40.0. The number of amides is 3. The number of hydrogen-bond donors (Lipinski definition) is 6. The molecule has 6 N–H and O–H groups in total. The van der Waals surface area contributed by atoms with Gasteiger partial charge in [-0.2, -0.15) is 0 Å². The Morgan fingerprint density at radius 3 is 2.27 bits per heavy atom. The molecule has 3 saturated heterocycles. The van der Waals surface area contributed by atoms with Crippen molar-refractivity contribution < 1.29 is 43.2 Å². The van der Waals surface area contributed by atoms with Crippen LogP contribution in [0.15, 0.2) is 156 Å². The third-order valence-corrected chi connectivity index (χ3v) is 13.3. The Labute approximate surface area is 421 Å². The standard InChI is InChI=1S/C57H57FN6O9/c58-44-17-11-38(12-18-44)34-64(56(69)60-45-19-13-37(14-20-45)32-59-33-50(66)47-21-23-49(65)54-48(47)22-24-52(67)61-54)29-30-71-55(68)42-15-9-39(10-16-42)36-72-46-8-4-7-43(31-46)53(41-5-2-1-3-6-41)62-57(70)73-51-35-63-27-25-40(51)26-28-63/h1-24,31,40,50-51,53,59,65-66H,25-30,32-36H2,(H,60,69)(H,61,67)(H,62,70)/t50?,51-,53?/m0/s1. The molecule has 3 fully saturated rings. The van der Waals surface area contributed by atoms with Gasteiger partial charge in [0.1, 0.15) is 36.6 Å². The number of aromatic nitrogens is 1. The van der Waals surface area contributed by atoms with Gasteiger partial charge in [-0.1, -0.05) is 84.9 Å². The summed E-state index contributed by atoms with van der Waals surface area (Å²) in [4.78, 5) is 58.4. The number of aliphatic hydroxyl groups is 1. The summed E-state index contributed by atoms with van der Waals surface area (Å²) in [6.07, 6.45) is 0.594. The van der Waals surface area contributed by atoms with Crippen LogP contribution in [0, 0.1) is 11.7 Å². The van der Waals surface area contributed by atoms with Gasteiger partial charge >= 0.3 is 18.1 Å². The number of fused-ring (bicyclic) bond motifs is 4. The molecular formula is C57H57FN6O9. The predicted octanol–water partition coefficient (Wildman–Crippen LogP) is 8.58. The first-order valence-corrected chi connectivity index (χ1v) is 24.4. The fraction of sp³-hybridized carbons (Fsp3) is 0.263. The normalized spacial score (nSPS) is 16.8. The lowest BCUT2D eigenvalue weighted by Gasteiger charge is -2.43. The van der Waals surface area contributed by atoms with E-state index in [-0.39, 0.29) is 55.8 Å². The van der Waals surface area contributed by atoms with E-state index in [9.17, 15) is 33.8 Å². The van der Waals surface area contributed by atoms with Crippen molar-refractivity contribution in [3.05, 3.63) is 207 Å². The van der Waals surface area contributed by atoms with Gasteiger partial charge in [-0.25, -0.2) is 18.8 Å². The highest BCUT2D eigenvalue weighted by Gasteiger charge is 2.37. The van der Waals surface area contributed by atoms with E-state index in [0.717, 1.165) is 54.7 Å². The number of aliphatic hydroxyl groups excluding tert-OH is 1. The van der Waals surface area contributed by atoms with Crippen molar-refractivity contribution >= 4 is 34.7 Å². The number of urea groups is 1. The zero-order chi connectivity index (χ0) is 50.7. The maximum atomic E-state index is 13.8. The van der Waals surface area contributed by atoms with E-state index in [4.69, 9.17) is 14.2 Å². The number of pyridine rings is 1. The number of aromatic amines is 1. The number of H-pyrrole nitrogens is 1. The third kappa shape index (κ3) is 13.1. The highest BCUT2D eigenvalue weighted by molar-refractivity contribution is 5.90. The van der Waals surface area contributed by atoms with E-state index in [1.807, 2.05) is 66.7 Å². The molecule has 15 nitrogen and oxygen atoms in total. The van der Waals surface area contributed by atoms with Crippen molar-refractivity contribution in [2.24, 2.45) is 5.92 Å². The number of alkyl carbamates (subject to hydrolysis) is 1. The minimum Gasteiger partial charge on any atom is -0.506 e. The highest BCUT2D eigenvalue weighted by atomic mass is 19.1. The molecule has 0 saturated carbocycles. The number of carbonyl (C=O) groups is 3. The van der Waals surface area contributed by atoms with Gasteiger partial charge < -0.3 is 50.3 Å². The molecule has 3 amide bonds. The number of halogens is 1. The number of phenolic OH excluding ortho intramolecular Hbond substituents is 1. The smallest absolute Gasteiger partial charge is 0.408 e. The number of carbonyl (C=O) groups excluding carboxylic acids is 3. The Morgan fingerprint density at radius 2 is 1.53 bits per heavy atom. The van der Waals surface area contributed by atoms with E-state index < -0.39 is 36.1 Å². The second-order valence-corrected chi connectivity index (χ2v) is 18.4. The van der Waals surface area contributed by atoms with Crippen molar-refractivity contribution in [1.29, 1.82) is 0 Å². The first kappa shape index (κ1) is 49.9. The molecule has 0 aliphatic carbocycles. The Morgan fingerprint density at radius 1 is 0.808 bits per heavy atom. The van der Waals surface area contributed by atoms with E-state index in [1.165, 1.54) is 29.2 Å². The van der Waals surface area contributed by atoms with Crippen molar-refractivity contribution in [2.75, 3.05) is 44.6 Å². The number of ether oxygens (including phenoxy) is 3. The Balaban J connectivity index is 0.758. The molecule has 376 valence electrons. The number of phenols is 1. The quantitative estimate of drug-likeness (QED) is 0.0425. The van der Waals surface area contributed by atoms with E-state index >= 15 is 0 Å². The molecule has 16 heteroatoms. The molecule has 10 rings (SSSR count). The summed E-state index contributed by atoms with van der Waals surface area (Å²) in [6.45, 7) is 3.74.